The number of pyridine rings is 2. The third-order valence-electron chi connectivity index (χ3n) is 12.5. The molecule has 0 saturated carbocycles. The highest BCUT2D eigenvalue weighted by atomic mass is 16.5. The zero-order chi connectivity index (χ0) is 43.9. The van der Waals surface area contributed by atoms with Gasteiger partial charge in [-0.15, -0.1) is 0 Å². The molecule has 8 heterocycles. The number of aryl methyl sites for hydroxylation is 1. The molecule has 3 aliphatic heterocycles. The Morgan fingerprint density at radius 2 is 1.79 bits per heavy atom. The Kier molecular flexibility index (Phi) is 11.1. The van der Waals surface area contributed by atoms with Gasteiger partial charge in [-0.05, 0) is 57.2 Å². The normalized spacial score (nSPS) is 17.7. The molecule has 0 spiro atoms. The number of piperidine rings is 2. The minimum absolute atomic E-state index is 0.0471. The minimum atomic E-state index is -0.440. The lowest BCUT2D eigenvalue weighted by Crippen LogP contribution is -2.49. The molecule has 6 aromatic rings. The Morgan fingerprint density at radius 3 is 2.52 bits per heavy atom. The van der Waals surface area contributed by atoms with E-state index >= 15 is 0 Å². The molecule has 19 heteroatoms. The van der Waals surface area contributed by atoms with E-state index in [-0.39, 0.29) is 41.7 Å². The summed E-state index contributed by atoms with van der Waals surface area (Å²) in [7, 11) is 3.43. The van der Waals surface area contributed by atoms with Crippen molar-refractivity contribution < 1.29 is 19.1 Å². The Bertz CT molecular complexity index is 2860. The predicted octanol–water partition coefficient (Wildman–Crippen LogP) is 3.21. The second kappa shape index (κ2) is 17.0. The van der Waals surface area contributed by atoms with Gasteiger partial charge >= 0.3 is 0 Å². The second-order valence-corrected chi connectivity index (χ2v) is 16.8. The van der Waals surface area contributed by atoms with E-state index in [0.29, 0.717) is 52.5 Å². The molecular weight excluding hydrogens is 805 g/mol. The van der Waals surface area contributed by atoms with Gasteiger partial charge in [-0.1, -0.05) is 12.1 Å². The van der Waals surface area contributed by atoms with Gasteiger partial charge in [0.15, 0.2) is 18.0 Å². The molecule has 1 aromatic carbocycles. The van der Waals surface area contributed by atoms with Crippen molar-refractivity contribution in [1.29, 1.82) is 5.26 Å². The largest absolute Gasteiger partial charge is 0.478 e. The van der Waals surface area contributed by atoms with Crippen LogP contribution in [0.1, 0.15) is 62.7 Å². The lowest BCUT2D eigenvalue weighted by Gasteiger charge is -2.40. The number of rotatable bonds is 11. The number of ether oxygens (including phenoxy) is 1. The predicted molar refractivity (Wildman–Crippen MR) is 236 cm³/mol. The van der Waals surface area contributed by atoms with E-state index in [4.69, 9.17) is 14.8 Å². The number of carbonyl (C=O) groups is 3. The molecule has 0 bridgehead atoms. The monoisotopic (exact) mass is 854 g/mol. The summed E-state index contributed by atoms with van der Waals surface area (Å²) in [5.74, 6) is 0.607. The molecule has 63 heavy (non-hydrogen) atoms. The van der Waals surface area contributed by atoms with Gasteiger partial charge in [-0.2, -0.15) is 20.0 Å². The number of carbonyl (C=O) groups excluding carboxylic acids is 3. The van der Waals surface area contributed by atoms with Crippen molar-refractivity contribution in [3.63, 3.8) is 0 Å². The lowest BCUT2D eigenvalue weighted by molar-refractivity contribution is -0.134. The number of hydrogen-bond acceptors (Lipinski definition) is 14. The highest BCUT2D eigenvalue weighted by Crippen LogP contribution is 2.36. The summed E-state index contributed by atoms with van der Waals surface area (Å²) in [5, 5.41) is 29.2. The maximum atomic E-state index is 13.3. The Morgan fingerprint density at radius 1 is 1.00 bits per heavy atom. The van der Waals surface area contributed by atoms with Crippen LogP contribution in [0.15, 0.2) is 53.6 Å². The van der Waals surface area contributed by atoms with Gasteiger partial charge in [-0.3, -0.25) is 38.6 Å². The Balaban J connectivity index is 0.868. The number of para-hydroxylation sites is 1. The topological polar surface area (TPSA) is 213 Å². The van der Waals surface area contributed by atoms with Gasteiger partial charge in [0, 0.05) is 89.2 Å². The van der Waals surface area contributed by atoms with Crippen LogP contribution in [0.4, 0.5) is 23.0 Å². The first kappa shape index (κ1) is 41.3. The maximum Gasteiger partial charge on any atom is 0.294 e. The molecule has 326 valence electrons. The molecule has 1 unspecified atom stereocenters. The Hall–Kier alpha value is -7.07. The highest BCUT2D eigenvalue weighted by molar-refractivity contribution is 6.03. The van der Waals surface area contributed by atoms with Crippen LogP contribution in [-0.4, -0.2) is 116 Å². The van der Waals surface area contributed by atoms with Gasteiger partial charge in [0.2, 0.25) is 11.8 Å². The zero-order valence-corrected chi connectivity index (χ0v) is 35.8. The number of fused-ring (bicyclic) bond motifs is 3. The number of aromatic nitrogens is 7. The second-order valence-electron chi connectivity index (χ2n) is 16.8. The molecular formula is C44H50N14O5. The number of nitrogens with zero attached hydrogens (tertiary/aromatic N) is 11. The molecule has 3 aliphatic rings. The average Bonchev–Trinajstić information content (AvgIpc) is 3.86. The number of likely N-dealkylation sites (N-methyl/N-ethyl adjacent to an activating group) is 1. The van der Waals surface area contributed by atoms with Crippen molar-refractivity contribution in [2.75, 3.05) is 74.6 Å². The number of hydrogen-bond donors (Lipinski definition) is 3. The summed E-state index contributed by atoms with van der Waals surface area (Å²) in [5.41, 5.74) is 4.37. The molecule has 3 amide bonds. The van der Waals surface area contributed by atoms with Crippen LogP contribution in [0.3, 0.4) is 0 Å². The number of benzene rings is 1. The quantitative estimate of drug-likeness (QED) is 0.160. The van der Waals surface area contributed by atoms with Crippen molar-refractivity contribution in [2.24, 2.45) is 13.0 Å². The number of piperazine rings is 1. The molecule has 3 N–H and O–H groups in total. The summed E-state index contributed by atoms with van der Waals surface area (Å²) < 4.78 is 10.7. The third-order valence-corrected chi connectivity index (χ3v) is 12.5. The molecule has 19 nitrogen and oxygen atoms in total. The van der Waals surface area contributed by atoms with E-state index in [1.165, 1.54) is 13.2 Å². The molecule has 3 fully saturated rings. The first-order valence-electron chi connectivity index (χ1n) is 21.5. The fraction of sp³-hybridized carbons (Fsp3) is 0.432. The summed E-state index contributed by atoms with van der Waals surface area (Å²) in [6.45, 7) is 9.72. The van der Waals surface area contributed by atoms with Gasteiger partial charge < -0.3 is 25.2 Å². The van der Waals surface area contributed by atoms with E-state index in [1.807, 2.05) is 49.8 Å². The number of nitrogens with one attached hydrogen (secondary N) is 3. The molecule has 5 aromatic heterocycles. The fourth-order valence-electron chi connectivity index (χ4n) is 9.19. The van der Waals surface area contributed by atoms with Crippen LogP contribution in [0.2, 0.25) is 0 Å². The van der Waals surface area contributed by atoms with Crippen molar-refractivity contribution in [2.45, 2.75) is 51.5 Å². The van der Waals surface area contributed by atoms with Gasteiger partial charge in [0.25, 0.3) is 11.5 Å². The van der Waals surface area contributed by atoms with Crippen molar-refractivity contribution in [3.8, 4) is 11.8 Å². The van der Waals surface area contributed by atoms with E-state index < -0.39 is 5.92 Å². The summed E-state index contributed by atoms with van der Waals surface area (Å²) in [4.78, 5) is 66.6. The SMILES string of the molecule is CNC(=O)COc1cc2cc(Nc3cc(N4CCC(CN5CCN(c6cccc7c(C8CCC(=O)NC8=O)nn(C)c67)CC5)CC4)nc4c(C#N)cnn34)cnc2n(C(C)C)c1=O. The van der Waals surface area contributed by atoms with Crippen molar-refractivity contribution in [3.05, 3.63) is 70.4 Å². The van der Waals surface area contributed by atoms with Crippen LogP contribution < -0.4 is 36.0 Å². The average molecular weight is 855 g/mol. The maximum absolute atomic E-state index is 13.3. The Labute approximate surface area is 362 Å². The first-order chi connectivity index (χ1) is 30.5. The van der Waals surface area contributed by atoms with E-state index in [1.54, 1.807) is 21.3 Å². The summed E-state index contributed by atoms with van der Waals surface area (Å²) in [6, 6.07) is 13.6. The van der Waals surface area contributed by atoms with Gasteiger partial charge in [-0.25, -0.2) is 9.97 Å². The van der Waals surface area contributed by atoms with Gasteiger partial charge in [0.1, 0.15) is 28.9 Å². The number of anilines is 4. The third kappa shape index (κ3) is 7.97. The van der Waals surface area contributed by atoms with E-state index in [0.717, 1.165) is 86.8 Å². The molecule has 1 atom stereocenters. The van der Waals surface area contributed by atoms with Crippen LogP contribution in [0, 0.1) is 17.2 Å². The van der Waals surface area contributed by atoms with Crippen LogP contribution >= 0.6 is 0 Å². The highest BCUT2D eigenvalue weighted by Gasteiger charge is 2.33. The van der Waals surface area contributed by atoms with Crippen LogP contribution in [-0.2, 0) is 21.4 Å². The fourth-order valence-corrected chi connectivity index (χ4v) is 9.19. The van der Waals surface area contributed by atoms with E-state index in [9.17, 15) is 24.4 Å². The van der Waals surface area contributed by atoms with Crippen LogP contribution in [0.25, 0.3) is 27.6 Å². The molecule has 3 saturated heterocycles. The minimum Gasteiger partial charge on any atom is -0.478 e. The first-order valence-corrected chi connectivity index (χ1v) is 21.5. The lowest BCUT2D eigenvalue weighted by atomic mass is 9.92. The molecule has 0 radical (unpaired) electrons. The number of imide groups is 1. The zero-order valence-electron chi connectivity index (χ0n) is 35.8. The molecule has 0 aliphatic carbocycles. The van der Waals surface area contributed by atoms with Crippen molar-refractivity contribution >= 4 is 68.3 Å². The van der Waals surface area contributed by atoms with E-state index in [2.05, 4.69) is 52.9 Å². The smallest absolute Gasteiger partial charge is 0.294 e. The summed E-state index contributed by atoms with van der Waals surface area (Å²) >= 11 is 0. The number of amides is 3. The standard InChI is InChI=1S/C44H50N14O5/c1-26(2)57-41-28(19-34(44(57)62)63-25-38(60)46-3)18-30(23-47-41)49-36-20-35(50-42-29(21-45)22-48-58(36)42)56-12-10-27(11-13-56)24-54-14-16-55(17-15-54)33-7-5-6-31-39(52-53(4)40(31)33)32-8-9-37(59)51-43(32)61/h5-7,18-20,22-23,26-27,32,49H,8-17,24-25H2,1-4H3,(H,46,60)(H,51,59,61). The van der Waals surface area contributed by atoms with Gasteiger partial charge in [0.05, 0.1) is 40.9 Å². The van der Waals surface area contributed by atoms with Crippen molar-refractivity contribution in [1.82, 2.24) is 49.5 Å². The summed E-state index contributed by atoms with van der Waals surface area (Å²) in [6.07, 6.45) is 5.93. The molecule has 9 rings (SSSR count). The number of nitriles is 1. The van der Waals surface area contributed by atoms with Crippen LogP contribution in [0.5, 0.6) is 5.75 Å².